The van der Waals surface area contributed by atoms with E-state index in [-0.39, 0.29) is 35.8 Å². The lowest BCUT2D eigenvalue weighted by atomic mass is 9.88. The number of nitrogens with one attached hydrogen (secondary N) is 2. The number of rotatable bonds is 4. The highest BCUT2D eigenvalue weighted by atomic mass is 35.5. The molecule has 132 valence electrons. The second kappa shape index (κ2) is 7.49. The lowest BCUT2D eigenvalue weighted by Crippen LogP contribution is -2.37. The molecule has 0 bridgehead atoms. The number of anilines is 2. The third kappa shape index (κ3) is 4.24. The quantitative estimate of drug-likeness (QED) is 0.775. The van der Waals surface area contributed by atoms with Gasteiger partial charge in [0.05, 0.1) is 11.2 Å². The van der Waals surface area contributed by atoms with Gasteiger partial charge in [-0.1, -0.05) is 19.3 Å². The van der Waals surface area contributed by atoms with Gasteiger partial charge in [0.2, 0.25) is 11.8 Å². The fourth-order valence-corrected chi connectivity index (χ4v) is 2.92. The van der Waals surface area contributed by atoms with Crippen LogP contribution in [0.1, 0.15) is 44.9 Å². The Morgan fingerprint density at radius 1 is 1.12 bits per heavy atom. The molecule has 3 rings (SSSR count). The van der Waals surface area contributed by atoms with Crippen molar-refractivity contribution in [1.82, 2.24) is 0 Å². The minimum Gasteiger partial charge on any atom is -0.324 e. The summed E-state index contributed by atoms with van der Waals surface area (Å²) in [6.45, 7) is 0. The van der Waals surface area contributed by atoms with Crippen LogP contribution in [-0.2, 0) is 9.59 Å². The molecule has 0 aromatic heterocycles. The summed E-state index contributed by atoms with van der Waals surface area (Å²) in [5.41, 5.74) is 5.57. The Kier molecular flexibility index (Phi) is 5.83. The highest BCUT2D eigenvalue weighted by Crippen LogP contribution is 2.33. The second-order valence-electron chi connectivity index (χ2n) is 6.63. The van der Waals surface area contributed by atoms with E-state index in [1.165, 1.54) is 18.2 Å². The molecule has 0 radical (unpaired) electrons. The maximum absolute atomic E-state index is 13.9. The minimum atomic E-state index is -0.792. The fourth-order valence-electron chi connectivity index (χ4n) is 2.92. The Hall–Kier alpha value is -1.66. The van der Waals surface area contributed by atoms with Gasteiger partial charge in [-0.05, 0) is 43.9 Å². The van der Waals surface area contributed by atoms with Crippen LogP contribution in [0.2, 0.25) is 0 Å². The lowest BCUT2D eigenvalue weighted by Gasteiger charge is -2.21. The summed E-state index contributed by atoms with van der Waals surface area (Å²) in [7, 11) is 0. The van der Waals surface area contributed by atoms with Crippen molar-refractivity contribution in [1.29, 1.82) is 0 Å². The minimum absolute atomic E-state index is 0. The molecular weight excluding hydrogens is 333 g/mol. The second-order valence-corrected chi connectivity index (χ2v) is 6.63. The van der Waals surface area contributed by atoms with Gasteiger partial charge in [0.25, 0.3) is 0 Å². The number of benzene rings is 1. The van der Waals surface area contributed by atoms with Crippen molar-refractivity contribution >= 4 is 35.6 Å². The average Bonchev–Trinajstić information content (AvgIpc) is 3.30. The van der Waals surface area contributed by atoms with Gasteiger partial charge >= 0.3 is 0 Å². The number of amides is 2. The zero-order chi connectivity index (χ0) is 16.4. The van der Waals surface area contributed by atoms with Crippen LogP contribution >= 0.6 is 12.4 Å². The molecule has 2 amide bonds. The first kappa shape index (κ1) is 18.7. The van der Waals surface area contributed by atoms with Crippen molar-refractivity contribution in [2.75, 3.05) is 10.6 Å². The van der Waals surface area contributed by atoms with Gasteiger partial charge < -0.3 is 16.4 Å². The molecule has 5 nitrogen and oxygen atoms in total. The van der Waals surface area contributed by atoms with E-state index >= 15 is 0 Å². The van der Waals surface area contributed by atoms with Crippen molar-refractivity contribution < 1.29 is 14.0 Å². The molecule has 0 spiro atoms. The molecule has 24 heavy (non-hydrogen) atoms. The summed E-state index contributed by atoms with van der Waals surface area (Å²) < 4.78 is 13.9. The van der Waals surface area contributed by atoms with Gasteiger partial charge in [-0.2, -0.15) is 0 Å². The van der Waals surface area contributed by atoms with E-state index in [0.29, 0.717) is 18.5 Å². The van der Waals surface area contributed by atoms with E-state index in [9.17, 15) is 14.0 Å². The Bertz CT molecular complexity index is 628. The Labute approximate surface area is 147 Å². The largest absolute Gasteiger partial charge is 0.324 e. The van der Waals surface area contributed by atoms with Crippen LogP contribution in [0.3, 0.4) is 0 Å². The fraction of sp³-hybridized carbons (Fsp3) is 0.529. The number of carbonyl (C=O) groups is 2. The van der Waals surface area contributed by atoms with Gasteiger partial charge in [-0.3, -0.25) is 9.59 Å². The zero-order valence-electron chi connectivity index (χ0n) is 13.4. The molecule has 2 aliphatic carbocycles. The van der Waals surface area contributed by atoms with Crippen LogP contribution in [0, 0.1) is 11.7 Å². The van der Waals surface area contributed by atoms with E-state index in [4.69, 9.17) is 5.73 Å². The van der Waals surface area contributed by atoms with Crippen LogP contribution in [0.4, 0.5) is 15.8 Å². The van der Waals surface area contributed by atoms with Crippen molar-refractivity contribution in [2.24, 2.45) is 11.7 Å². The van der Waals surface area contributed by atoms with Crippen LogP contribution in [-0.4, -0.2) is 17.4 Å². The molecule has 0 saturated heterocycles. The smallest absolute Gasteiger partial charge is 0.244 e. The Balaban J connectivity index is 0.00000208. The summed E-state index contributed by atoms with van der Waals surface area (Å²) in [4.78, 5) is 24.2. The molecule has 7 heteroatoms. The zero-order valence-corrected chi connectivity index (χ0v) is 14.3. The molecule has 0 heterocycles. The van der Waals surface area contributed by atoms with E-state index in [0.717, 1.165) is 32.1 Å². The summed E-state index contributed by atoms with van der Waals surface area (Å²) in [5.74, 6) is -0.987. The van der Waals surface area contributed by atoms with Crippen LogP contribution in [0.5, 0.6) is 0 Å². The molecule has 1 aromatic rings. The van der Waals surface area contributed by atoms with Crippen molar-refractivity contribution in [3.05, 3.63) is 24.0 Å². The third-order valence-corrected chi connectivity index (χ3v) is 4.70. The predicted octanol–water partition coefficient (Wildman–Crippen LogP) is 3.20. The molecule has 0 aliphatic heterocycles. The van der Waals surface area contributed by atoms with Gasteiger partial charge in [-0.25, -0.2) is 4.39 Å². The van der Waals surface area contributed by atoms with Gasteiger partial charge in [-0.15, -0.1) is 12.4 Å². The number of hydrogen-bond donors (Lipinski definition) is 3. The van der Waals surface area contributed by atoms with Gasteiger partial charge in [0, 0.05) is 11.6 Å². The normalized spacial score (nSPS) is 19.1. The number of hydrogen-bond acceptors (Lipinski definition) is 3. The highest BCUT2D eigenvalue weighted by molar-refractivity contribution is 6.01. The van der Waals surface area contributed by atoms with E-state index < -0.39 is 11.4 Å². The summed E-state index contributed by atoms with van der Waals surface area (Å²) >= 11 is 0. The topological polar surface area (TPSA) is 84.2 Å². The summed E-state index contributed by atoms with van der Waals surface area (Å²) in [6, 6.07) is 4.15. The van der Waals surface area contributed by atoms with E-state index in [1.807, 2.05) is 0 Å². The van der Waals surface area contributed by atoms with Gasteiger partial charge in [0.1, 0.15) is 5.82 Å². The summed E-state index contributed by atoms with van der Waals surface area (Å²) in [6.07, 6.45) is 6.24. The van der Waals surface area contributed by atoms with Crippen LogP contribution in [0.25, 0.3) is 0 Å². The Morgan fingerprint density at radius 2 is 1.79 bits per heavy atom. The molecule has 0 unspecified atom stereocenters. The summed E-state index contributed by atoms with van der Waals surface area (Å²) in [5, 5.41) is 5.33. The first-order chi connectivity index (χ1) is 11.0. The van der Waals surface area contributed by atoms with Crippen molar-refractivity contribution in [2.45, 2.75) is 50.5 Å². The van der Waals surface area contributed by atoms with Gasteiger partial charge in [0.15, 0.2) is 0 Å². The first-order valence-electron chi connectivity index (χ1n) is 8.19. The number of nitrogens with two attached hydrogens (primary N) is 1. The maximum Gasteiger partial charge on any atom is 0.244 e. The third-order valence-electron chi connectivity index (χ3n) is 4.70. The standard InChI is InChI=1S/C17H22FN3O2.ClH/c18-13-7-6-12(20-16(23)17(19)8-9-17)10-14(13)21-15(22)11-4-2-1-3-5-11;/h6-7,10-11H,1-5,8-9,19H2,(H,20,23)(H,21,22);1H. The molecule has 2 saturated carbocycles. The molecule has 2 aliphatic rings. The SMILES string of the molecule is Cl.NC1(C(=O)Nc2ccc(F)c(NC(=O)C3CCCCC3)c2)CC1. The van der Waals surface area contributed by atoms with E-state index in [1.54, 1.807) is 0 Å². The van der Waals surface area contributed by atoms with E-state index in [2.05, 4.69) is 10.6 Å². The Morgan fingerprint density at radius 3 is 2.42 bits per heavy atom. The first-order valence-corrected chi connectivity index (χ1v) is 8.19. The monoisotopic (exact) mass is 355 g/mol. The lowest BCUT2D eigenvalue weighted by molar-refractivity contribution is -0.120. The molecule has 2 fully saturated rings. The molecule has 0 atom stereocenters. The van der Waals surface area contributed by atoms with Crippen molar-refractivity contribution in [3.63, 3.8) is 0 Å². The predicted molar refractivity (Wildman–Crippen MR) is 93.6 cm³/mol. The van der Waals surface area contributed by atoms with Crippen LogP contribution in [0.15, 0.2) is 18.2 Å². The highest BCUT2D eigenvalue weighted by Gasteiger charge is 2.45. The number of halogens is 2. The average molecular weight is 356 g/mol. The molecular formula is C17H23ClFN3O2. The number of carbonyl (C=O) groups excluding carboxylic acids is 2. The molecule has 4 N–H and O–H groups in total. The van der Waals surface area contributed by atoms with Crippen molar-refractivity contribution in [3.8, 4) is 0 Å². The van der Waals surface area contributed by atoms with Crippen LogP contribution < -0.4 is 16.4 Å². The maximum atomic E-state index is 13.9. The molecule has 1 aromatic carbocycles.